The number of hydrogen-bond acceptors (Lipinski definition) is 19. The molecule has 1 aromatic carbocycles. The van der Waals surface area contributed by atoms with E-state index in [9.17, 15) is 33.6 Å². The van der Waals surface area contributed by atoms with E-state index in [0.29, 0.717) is 5.75 Å². The highest BCUT2D eigenvalue weighted by atomic mass is 16.8. The largest absolute Gasteiger partial charge is 0.497 e. The first-order chi connectivity index (χ1) is 24.5. The van der Waals surface area contributed by atoms with Gasteiger partial charge in [-0.25, -0.2) is 0 Å². The summed E-state index contributed by atoms with van der Waals surface area (Å²) in [7, 11) is 1.46. The fraction of sp³-hybridized carbons (Fsp3) is 0.606. The van der Waals surface area contributed by atoms with E-state index in [1.165, 1.54) is 19.2 Å². The Kier molecular flexibility index (Phi) is 15.1. The van der Waals surface area contributed by atoms with Crippen molar-refractivity contribution in [3.8, 4) is 11.5 Å². The van der Waals surface area contributed by atoms with Gasteiger partial charge in [0.15, 0.2) is 30.7 Å². The molecule has 19 nitrogen and oxygen atoms in total. The molecule has 1 aromatic rings. The third kappa shape index (κ3) is 12.1. The molecule has 3 rings (SSSR count). The molecular weight excluding hydrogens is 700 g/mol. The van der Waals surface area contributed by atoms with Gasteiger partial charge in [-0.05, 0) is 24.3 Å². The van der Waals surface area contributed by atoms with Crippen LogP contribution in [-0.2, 0) is 80.9 Å². The lowest BCUT2D eigenvalue weighted by molar-refractivity contribution is -0.354. The molecule has 0 radical (unpaired) electrons. The van der Waals surface area contributed by atoms with Gasteiger partial charge in [0.2, 0.25) is 12.4 Å². The van der Waals surface area contributed by atoms with Gasteiger partial charge < -0.3 is 56.8 Å². The summed E-state index contributed by atoms with van der Waals surface area (Å²) in [5.41, 5.74) is 0. The van der Waals surface area contributed by atoms with E-state index in [1.807, 2.05) is 0 Å². The van der Waals surface area contributed by atoms with Gasteiger partial charge in [0.1, 0.15) is 43.0 Å². The van der Waals surface area contributed by atoms with E-state index in [4.69, 9.17) is 56.8 Å². The number of benzene rings is 1. The first-order valence-electron chi connectivity index (χ1n) is 15.9. The van der Waals surface area contributed by atoms with Crippen molar-refractivity contribution in [3.05, 3.63) is 24.3 Å². The number of carbonyl (C=O) groups excluding carboxylic acids is 7. The first-order valence-corrected chi connectivity index (χ1v) is 15.9. The summed E-state index contributed by atoms with van der Waals surface area (Å²) >= 11 is 0. The van der Waals surface area contributed by atoms with Crippen molar-refractivity contribution in [1.29, 1.82) is 0 Å². The van der Waals surface area contributed by atoms with Gasteiger partial charge in [0.05, 0.1) is 7.11 Å². The SMILES string of the molecule is COc1ccc(O[C@@H]2O[C@H](COC(C)=O)[C@H](O[C@@H]3O[C@H](COC(C)=O)[C@H](OC(C)=O)[C@H](OC(C)=O)[C@H]3OC(C)=O)[C@H](OC(C)=O)[C@H]2OC(C)=O)cc1. The Bertz CT molecular complexity index is 1440. The van der Waals surface area contributed by atoms with Gasteiger partial charge in [-0.15, -0.1) is 0 Å². The number of esters is 7. The van der Waals surface area contributed by atoms with Crippen LogP contribution in [0.4, 0.5) is 0 Å². The Morgan fingerprint density at radius 3 is 1.29 bits per heavy atom. The molecular formula is C33H42O19. The summed E-state index contributed by atoms with van der Waals surface area (Å²) in [5.74, 6) is -5.20. The first kappa shape index (κ1) is 41.4. The maximum Gasteiger partial charge on any atom is 0.303 e. The Balaban J connectivity index is 2.16. The minimum absolute atomic E-state index is 0.203. The number of carbonyl (C=O) groups is 7. The molecule has 2 saturated heterocycles. The topological polar surface area (TPSA) is 230 Å². The highest BCUT2D eigenvalue weighted by Gasteiger charge is 2.58. The quantitative estimate of drug-likeness (QED) is 0.189. The van der Waals surface area contributed by atoms with Crippen LogP contribution in [0.1, 0.15) is 48.5 Å². The maximum absolute atomic E-state index is 12.6. The second-order valence-electron chi connectivity index (χ2n) is 11.5. The third-order valence-corrected chi connectivity index (χ3v) is 7.20. The second-order valence-corrected chi connectivity index (χ2v) is 11.5. The van der Waals surface area contributed by atoms with Gasteiger partial charge in [0.25, 0.3) is 0 Å². The lowest BCUT2D eigenvalue weighted by atomic mass is 9.96. The molecule has 2 aliphatic rings. The van der Waals surface area contributed by atoms with Crippen LogP contribution in [0.15, 0.2) is 24.3 Å². The van der Waals surface area contributed by atoms with Crippen molar-refractivity contribution in [1.82, 2.24) is 0 Å². The van der Waals surface area contributed by atoms with Crippen LogP contribution in [0.3, 0.4) is 0 Å². The van der Waals surface area contributed by atoms with E-state index in [2.05, 4.69) is 0 Å². The Labute approximate surface area is 298 Å². The zero-order valence-electron chi connectivity index (χ0n) is 29.8. The molecule has 288 valence electrons. The lowest BCUT2D eigenvalue weighted by Gasteiger charge is -2.48. The minimum atomic E-state index is -1.80. The van der Waals surface area contributed by atoms with Gasteiger partial charge in [-0.1, -0.05) is 0 Å². The van der Waals surface area contributed by atoms with Gasteiger partial charge >= 0.3 is 41.8 Å². The summed E-state index contributed by atoms with van der Waals surface area (Å²) in [4.78, 5) is 85.6. The van der Waals surface area contributed by atoms with Crippen LogP contribution < -0.4 is 9.47 Å². The summed E-state index contributed by atoms with van der Waals surface area (Å²) in [5, 5.41) is 0. The molecule has 0 bridgehead atoms. The summed E-state index contributed by atoms with van der Waals surface area (Å²) < 4.78 is 67.6. The Morgan fingerprint density at radius 2 is 0.846 bits per heavy atom. The van der Waals surface area contributed by atoms with Crippen molar-refractivity contribution < 1.29 is 90.4 Å². The third-order valence-electron chi connectivity index (χ3n) is 7.20. The molecule has 2 fully saturated rings. The van der Waals surface area contributed by atoms with Crippen molar-refractivity contribution in [2.24, 2.45) is 0 Å². The second kappa shape index (κ2) is 19.0. The van der Waals surface area contributed by atoms with Gasteiger partial charge in [-0.2, -0.15) is 0 Å². The standard InChI is InChI=1S/C33H42O19/c1-15(34)42-13-24-26(44-17(3)36)28(45-18(4)37)31(48-21(7)40)33(51-24)52-27-25(14-43-16(2)35)50-32(49-23-11-9-22(41-8)10-12-23)30(47-20(6)39)29(27)46-19(5)38/h9-12,24-33H,13-14H2,1-8H3/t24-,25-,26+,27+,28+,29+,30-,31-,32-,33+/m1/s1. The minimum Gasteiger partial charge on any atom is -0.497 e. The number of hydrogen-bond donors (Lipinski definition) is 0. The van der Waals surface area contributed by atoms with E-state index >= 15 is 0 Å². The van der Waals surface area contributed by atoms with Crippen LogP contribution >= 0.6 is 0 Å². The zero-order valence-corrected chi connectivity index (χ0v) is 29.8. The summed E-state index contributed by atoms with van der Waals surface area (Å²) in [6.07, 6.45) is -15.7. The maximum atomic E-state index is 12.6. The Morgan fingerprint density at radius 1 is 0.481 bits per heavy atom. The average molecular weight is 743 g/mol. The Hall–Kier alpha value is -5.01. The van der Waals surface area contributed by atoms with Gasteiger partial charge in [-0.3, -0.25) is 33.6 Å². The number of rotatable bonds is 14. The highest BCUT2D eigenvalue weighted by Crippen LogP contribution is 2.36. The summed E-state index contributed by atoms with van der Waals surface area (Å²) in [6.45, 7) is 6.35. The average Bonchev–Trinajstić information content (AvgIpc) is 3.03. The molecule has 0 aliphatic carbocycles. The van der Waals surface area contributed by atoms with E-state index in [-0.39, 0.29) is 5.75 Å². The molecule has 2 aliphatic heterocycles. The fourth-order valence-electron chi connectivity index (χ4n) is 5.36. The fourth-order valence-corrected chi connectivity index (χ4v) is 5.36. The van der Waals surface area contributed by atoms with Crippen molar-refractivity contribution in [2.45, 2.75) is 110 Å². The van der Waals surface area contributed by atoms with Crippen LogP contribution in [0.2, 0.25) is 0 Å². The molecule has 19 heteroatoms. The molecule has 0 spiro atoms. The van der Waals surface area contributed by atoms with E-state index in [1.54, 1.807) is 12.1 Å². The van der Waals surface area contributed by atoms with Crippen LogP contribution in [0.25, 0.3) is 0 Å². The predicted molar refractivity (Wildman–Crippen MR) is 167 cm³/mol. The molecule has 52 heavy (non-hydrogen) atoms. The lowest BCUT2D eigenvalue weighted by Crippen LogP contribution is -2.67. The molecule has 2 heterocycles. The van der Waals surface area contributed by atoms with E-state index < -0.39 is 116 Å². The van der Waals surface area contributed by atoms with Crippen LogP contribution in [-0.4, -0.2) is 124 Å². The number of ether oxygens (including phenoxy) is 12. The van der Waals surface area contributed by atoms with Crippen molar-refractivity contribution in [3.63, 3.8) is 0 Å². The predicted octanol–water partition coefficient (Wildman–Crippen LogP) is 0.694. The smallest absolute Gasteiger partial charge is 0.303 e. The molecule has 10 atom stereocenters. The molecule has 0 amide bonds. The molecule has 0 aromatic heterocycles. The van der Waals surface area contributed by atoms with E-state index in [0.717, 1.165) is 48.5 Å². The van der Waals surface area contributed by atoms with Crippen LogP contribution in [0, 0.1) is 0 Å². The van der Waals surface area contributed by atoms with Gasteiger partial charge in [0, 0.05) is 48.5 Å². The molecule has 0 N–H and O–H groups in total. The molecule has 0 saturated carbocycles. The number of methoxy groups -OCH3 is 1. The molecule has 0 unspecified atom stereocenters. The monoisotopic (exact) mass is 742 g/mol. The summed E-state index contributed by atoms with van der Waals surface area (Å²) in [6, 6.07) is 6.20. The highest BCUT2D eigenvalue weighted by molar-refractivity contribution is 5.69. The van der Waals surface area contributed by atoms with Crippen molar-refractivity contribution >= 4 is 41.8 Å². The van der Waals surface area contributed by atoms with Crippen molar-refractivity contribution in [2.75, 3.05) is 20.3 Å². The normalized spacial score (nSPS) is 28.2. The van der Waals surface area contributed by atoms with Crippen LogP contribution in [0.5, 0.6) is 11.5 Å². The zero-order chi connectivity index (χ0) is 38.7.